The third-order valence-corrected chi connectivity index (χ3v) is 7.41. The van der Waals surface area contributed by atoms with Gasteiger partial charge >= 0.3 is 5.97 Å². The van der Waals surface area contributed by atoms with Crippen molar-refractivity contribution in [3.05, 3.63) is 119 Å². The summed E-state index contributed by atoms with van der Waals surface area (Å²) >= 11 is 0. The van der Waals surface area contributed by atoms with Crippen LogP contribution in [0.4, 0.5) is 17.1 Å². The molecule has 0 fully saturated rings. The lowest BCUT2D eigenvalue weighted by Gasteiger charge is -2.25. The van der Waals surface area contributed by atoms with Crippen LogP contribution in [0.2, 0.25) is 0 Å². The molecule has 9 heteroatoms. The summed E-state index contributed by atoms with van der Waals surface area (Å²) in [7, 11) is 6.79. The summed E-state index contributed by atoms with van der Waals surface area (Å²) in [5.41, 5.74) is 4.79. The minimum Gasteiger partial charge on any atom is -0.496 e. The molecular weight excluding hydrogens is 556 g/mol. The molecule has 4 aromatic rings. The van der Waals surface area contributed by atoms with Gasteiger partial charge in [-0.15, -0.1) is 0 Å². The Balaban J connectivity index is 1.52. The SMILES string of the molecule is COC(=O)c1ccc2c(c1)NC(=O)C2C(=Nc1ccc(N(CCN(C)C)C(=O)c2ccccc2OC)cc1)c1ccccc1. The summed E-state index contributed by atoms with van der Waals surface area (Å²) in [4.78, 5) is 47.9. The number of nitrogens with zero attached hydrogens (tertiary/aromatic N) is 3. The molecule has 224 valence electrons. The topological polar surface area (TPSA) is 101 Å². The van der Waals surface area contributed by atoms with Crippen LogP contribution in [0.25, 0.3) is 0 Å². The fourth-order valence-corrected chi connectivity index (χ4v) is 5.14. The summed E-state index contributed by atoms with van der Waals surface area (Å²) in [6.07, 6.45) is 0. The number of ether oxygens (including phenoxy) is 2. The molecule has 1 heterocycles. The molecule has 0 bridgehead atoms. The highest BCUT2D eigenvalue weighted by Crippen LogP contribution is 2.37. The van der Waals surface area contributed by atoms with E-state index in [1.807, 2.05) is 85.7 Å². The van der Waals surface area contributed by atoms with E-state index in [0.29, 0.717) is 52.7 Å². The van der Waals surface area contributed by atoms with Gasteiger partial charge < -0.3 is 24.6 Å². The monoisotopic (exact) mass is 590 g/mol. The van der Waals surface area contributed by atoms with Crippen molar-refractivity contribution in [2.24, 2.45) is 4.99 Å². The van der Waals surface area contributed by atoms with Crippen LogP contribution >= 0.6 is 0 Å². The highest BCUT2D eigenvalue weighted by molar-refractivity contribution is 6.24. The van der Waals surface area contributed by atoms with E-state index in [1.54, 1.807) is 42.3 Å². The average molecular weight is 591 g/mol. The third-order valence-electron chi connectivity index (χ3n) is 7.41. The molecule has 1 aliphatic heterocycles. The van der Waals surface area contributed by atoms with Crippen LogP contribution in [-0.2, 0) is 9.53 Å². The zero-order chi connectivity index (χ0) is 31.2. The maximum Gasteiger partial charge on any atom is 0.337 e. The summed E-state index contributed by atoms with van der Waals surface area (Å²) in [6.45, 7) is 1.13. The Hall–Kier alpha value is -5.28. The molecule has 9 nitrogen and oxygen atoms in total. The first-order valence-electron chi connectivity index (χ1n) is 14.2. The minimum atomic E-state index is -0.692. The Morgan fingerprint density at radius 3 is 2.23 bits per heavy atom. The van der Waals surface area contributed by atoms with Crippen molar-refractivity contribution in [2.75, 3.05) is 51.6 Å². The van der Waals surface area contributed by atoms with E-state index in [9.17, 15) is 14.4 Å². The number of hydrogen-bond acceptors (Lipinski definition) is 7. The van der Waals surface area contributed by atoms with Crippen LogP contribution in [0.1, 0.15) is 37.8 Å². The van der Waals surface area contributed by atoms with E-state index in [4.69, 9.17) is 14.5 Å². The van der Waals surface area contributed by atoms with E-state index < -0.39 is 11.9 Å². The van der Waals surface area contributed by atoms with Crippen LogP contribution in [0.5, 0.6) is 5.75 Å². The minimum absolute atomic E-state index is 0.170. The number of benzene rings is 4. The molecule has 0 radical (unpaired) electrons. The Morgan fingerprint density at radius 1 is 0.841 bits per heavy atom. The van der Waals surface area contributed by atoms with Gasteiger partial charge in [-0.2, -0.15) is 0 Å². The largest absolute Gasteiger partial charge is 0.496 e. The number of carbonyl (C=O) groups excluding carboxylic acids is 3. The van der Waals surface area contributed by atoms with Crippen molar-refractivity contribution >= 4 is 40.6 Å². The van der Waals surface area contributed by atoms with Crippen molar-refractivity contribution in [3.63, 3.8) is 0 Å². The van der Waals surface area contributed by atoms with Crippen molar-refractivity contribution in [2.45, 2.75) is 5.92 Å². The normalized spacial score (nSPS) is 14.2. The fraction of sp³-hybridized carbons (Fsp3) is 0.200. The van der Waals surface area contributed by atoms with Crippen LogP contribution in [0.3, 0.4) is 0 Å². The number of fused-ring (bicyclic) bond motifs is 1. The molecule has 1 unspecified atom stereocenters. The first-order valence-corrected chi connectivity index (χ1v) is 14.2. The first-order chi connectivity index (χ1) is 21.3. The fourth-order valence-electron chi connectivity index (χ4n) is 5.14. The van der Waals surface area contributed by atoms with Gasteiger partial charge in [-0.05, 0) is 73.8 Å². The quantitative estimate of drug-likeness (QED) is 0.192. The number of aliphatic imine (C=N–C) groups is 1. The number of para-hydroxylation sites is 1. The highest BCUT2D eigenvalue weighted by Gasteiger charge is 2.36. The molecular formula is C35H34N4O5. The second kappa shape index (κ2) is 13.4. The number of nitrogens with one attached hydrogen (secondary N) is 1. The van der Waals surface area contributed by atoms with Crippen LogP contribution in [0, 0.1) is 0 Å². The number of carbonyl (C=O) groups is 3. The number of anilines is 2. The van der Waals surface area contributed by atoms with Crippen molar-refractivity contribution in [1.82, 2.24) is 4.90 Å². The van der Waals surface area contributed by atoms with Gasteiger partial charge in [0.2, 0.25) is 5.91 Å². The Kier molecular flexibility index (Phi) is 9.16. The molecule has 1 atom stereocenters. The van der Waals surface area contributed by atoms with Gasteiger partial charge in [-0.1, -0.05) is 48.5 Å². The van der Waals surface area contributed by atoms with E-state index in [2.05, 4.69) is 5.32 Å². The van der Waals surface area contributed by atoms with Crippen LogP contribution < -0.4 is 15.0 Å². The summed E-state index contributed by atoms with van der Waals surface area (Å²) < 4.78 is 10.3. The second-order valence-corrected chi connectivity index (χ2v) is 10.6. The van der Waals surface area contributed by atoms with E-state index in [1.165, 1.54) is 7.11 Å². The Morgan fingerprint density at radius 2 is 1.55 bits per heavy atom. The van der Waals surface area contributed by atoms with Gasteiger partial charge in [0.15, 0.2) is 0 Å². The number of amides is 2. The van der Waals surface area contributed by atoms with Crippen LogP contribution in [0.15, 0.2) is 102 Å². The molecule has 4 aromatic carbocycles. The number of methoxy groups -OCH3 is 2. The molecule has 0 saturated heterocycles. The lowest BCUT2D eigenvalue weighted by Crippen LogP contribution is -2.37. The number of esters is 1. The maximum absolute atomic E-state index is 13.7. The lowest BCUT2D eigenvalue weighted by molar-refractivity contribution is -0.115. The zero-order valence-electron chi connectivity index (χ0n) is 25.1. The Labute approximate surface area is 256 Å². The molecule has 5 rings (SSSR count). The van der Waals surface area contributed by atoms with Crippen LogP contribution in [-0.4, -0.2) is 69.8 Å². The van der Waals surface area contributed by atoms with Gasteiger partial charge in [0, 0.05) is 24.5 Å². The summed E-state index contributed by atoms with van der Waals surface area (Å²) in [6, 6.07) is 29.1. The van der Waals surface area contributed by atoms with E-state index >= 15 is 0 Å². The third kappa shape index (κ3) is 6.38. The number of hydrogen-bond donors (Lipinski definition) is 1. The molecule has 2 amide bonds. The van der Waals surface area contributed by atoms with Gasteiger partial charge in [-0.25, -0.2) is 4.79 Å². The van der Waals surface area contributed by atoms with E-state index in [-0.39, 0.29) is 11.8 Å². The number of likely N-dealkylation sites (N-methyl/N-ethyl adjacent to an activating group) is 1. The molecule has 1 aliphatic rings. The highest BCUT2D eigenvalue weighted by atomic mass is 16.5. The predicted octanol–water partition coefficient (Wildman–Crippen LogP) is 5.55. The number of rotatable bonds is 10. The second-order valence-electron chi connectivity index (χ2n) is 10.6. The van der Waals surface area contributed by atoms with E-state index in [0.717, 1.165) is 11.1 Å². The standard InChI is InChI=1S/C35H34N4O5/c1-38(2)20-21-39(34(41)28-12-8-9-13-30(28)43-3)26-17-15-25(16-18-26)36-32(23-10-6-5-7-11-23)31-27-19-14-24(35(42)44-4)22-29(27)37-33(31)40/h5-19,22,31H,20-21H2,1-4H3,(H,37,40). The zero-order valence-corrected chi connectivity index (χ0v) is 25.1. The molecule has 0 aliphatic carbocycles. The van der Waals surface area contributed by atoms with Crippen molar-refractivity contribution < 1.29 is 23.9 Å². The smallest absolute Gasteiger partial charge is 0.337 e. The van der Waals surface area contributed by atoms with Crippen molar-refractivity contribution in [1.29, 1.82) is 0 Å². The predicted molar refractivity (Wildman–Crippen MR) is 171 cm³/mol. The van der Waals surface area contributed by atoms with Crippen molar-refractivity contribution in [3.8, 4) is 5.75 Å². The van der Waals surface area contributed by atoms with Gasteiger partial charge in [0.05, 0.1) is 36.7 Å². The van der Waals surface area contributed by atoms with Gasteiger partial charge in [0.25, 0.3) is 5.91 Å². The summed E-state index contributed by atoms with van der Waals surface area (Å²) in [5.74, 6) is -1.07. The first kappa shape index (κ1) is 30.2. The lowest BCUT2D eigenvalue weighted by atomic mass is 9.90. The van der Waals surface area contributed by atoms with Gasteiger partial charge in [-0.3, -0.25) is 14.6 Å². The summed E-state index contributed by atoms with van der Waals surface area (Å²) in [5, 5.41) is 2.90. The maximum atomic E-state index is 13.7. The average Bonchev–Trinajstić information content (AvgIpc) is 3.38. The molecule has 0 spiro atoms. The molecule has 44 heavy (non-hydrogen) atoms. The Bertz CT molecular complexity index is 1700. The van der Waals surface area contributed by atoms with Gasteiger partial charge in [0.1, 0.15) is 11.7 Å². The molecule has 1 N–H and O–H groups in total. The molecule has 0 aromatic heterocycles. The molecule has 0 saturated carbocycles.